The first-order chi connectivity index (χ1) is 22.0. The van der Waals surface area contributed by atoms with E-state index in [0.29, 0.717) is 12.8 Å². The molecule has 0 aromatic rings. The molecule has 268 valence electrons. The van der Waals surface area contributed by atoms with Crippen molar-refractivity contribution in [1.29, 1.82) is 0 Å². The van der Waals surface area contributed by atoms with Gasteiger partial charge >= 0.3 is 0 Å². The van der Waals surface area contributed by atoms with Crippen molar-refractivity contribution in [2.75, 3.05) is 6.61 Å². The summed E-state index contributed by atoms with van der Waals surface area (Å²) in [6, 6.07) is -0.986. The molecule has 45 heavy (non-hydrogen) atoms. The molecule has 6 nitrogen and oxygen atoms in total. The lowest BCUT2D eigenvalue weighted by Gasteiger charge is -2.27. The Bertz CT molecular complexity index is 643. The minimum absolute atomic E-state index is 0.349. The van der Waals surface area contributed by atoms with Crippen LogP contribution in [-0.4, -0.2) is 57.3 Å². The number of aliphatic hydroxyl groups excluding tert-OH is 4. The van der Waals surface area contributed by atoms with Gasteiger partial charge in [-0.25, -0.2) is 0 Å². The number of rotatable bonds is 35. The van der Waals surface area contributed by atoms with Gasteiger partial charge in [-0.2, -0.15) is 0 Å². The van der Waals surface area contributed by atoms with E-state index in [-0.39, 0.29) is 0 Å². The molecular formula is C39H77NO5. The molecule has 0 bridgehead atoms. The molecule has 0 saturated heterocycles. The number of allylic oxidation sites excluding steroid dienone is 2. The zero-order valence-corrected chi connectivity index (χ0v) is 29.9. The highest BCUT2D eigenvalue weighted by molar-refractivity contribution is 5.80. The predicted molar refractivity (Wildman–Crippen MR) is 191 cm³/mol. The third kappa shape index (κ3) is 29.0. The van der Waals surface area contributed by atoms with Crippen molar-refractivity contribution in [1.82, 2.24) is 5.32 Å². The van der Waals surface area contributed by atoms with Gasteiger partial charge in [-0.15, -0.1) is 0 Å². The Hall–Kier alpha value is -0.950. The first-order valence-electron chi connectivity index (χ1n) is 19.6. The monoisotopic (exact) mass is 640 g/mol. The number of unbranched alkanes of at least 4 members (excludes halogenated alkanes) is 24. The lowest BCUT2D eigenvalue weighted by molar-refractivity contribution is -0.132. The summed E-state index contributed by atoms with van der Waals surface area (Å²) >= 11 is 0. The van der Waals surface area contributed by atoms with Gasteiger partial charge in [0.1, 0.15) is 12.2 Å². The quantitative estimate of drug-likeness (QED) is 0.0350. The van der Waals surface area contributed by atoms with Crippen LogP contribution >= 0.6 is 0 Å². The van der Waals surface area contributed by atoms with E-state index < -0.39 is 36.9 Å². The maximum absolute atomic E-state index is 12.4. The molecule has 0 radical (unpaired) electrons. The largest absolute Gasteiger partial charge is 0.394 e. The molecule has 0 aliphatic carbocycles. The van der Waals surface area contributed by atoms with Crippen molar-refractivity contribution in [2.24, 2.45) is 0 Å². The van der Waals surface area contributed by atoms with Gasteiger partial charge in [-0.3, -0.25) is 4.79 Å². The van der Waals surface area contributed by atoms with Crippen molar-refractivity contribution < 1.29 is 25.2 Å². The molecule has 0 aromatic heterocycles. The van der Waals surface area contributed by atoms with Crippen molar-refractivity contribution in [2.45, 2.75) is 224 Å². The van der Waals surface area contributed by atoms with E-state index in [0.717, 1.165) is 51.4 Å². The number of hydrogen-bond donors (Lipinski definition) is 5. The number of nitrogens with one attached hydrogen (secondary N) is 1. The van der Waals surface area contributed by atoms with Crippen molar-refractivity contribution in [3.05, 3.63) is 12.2 Å². The number of hydrogen-bond acceptors (Lipinski definition) is 5. The highest BCUT2D eigenvalue weighted by Crippen LogP contribution is 2.16. The normalized spacial score (nSPS) is 14.5. The molecule has 0 fully saturated rings. The van der Waals surface area contributed by atoms with Crippen LogP contribution in [0.25, 0.3) is 0 Å². The average molecular weight is 640 g/mol. The van der Waals surface area contributed by atoms with Crippen LogP contribution in [0.3, 0.4) is 0 Å². The van der Waals surface area contributed by atoms with E-state index in [2.05, 4.69) is 31.3 Å². The molecular weight excluding hydrogens is 562 g/mol. The summed E-state index contributed by atoms with van der Waals surface area (Å²) < 4.78 is 0. The summed E-state index contributed by atoms with van der Waals surface area (Å²) in [7, 11) is 0. The minimum atomic E-state index is -1.26. The molecule has 0 aliphatic rings. The van der Waals surface area contributed by atoms with Gasteiger partial charge in [0.05, 0.1) is 18.8 Å². The van der Waals surface area contributed by atoms with Crippen LogP contribution in [0.2, 0.25) is 0 Å². The molecule has 0 saturated carbocycles. The molecule has 0 aromatic carbocycles. The molecule has 4 unspecified atom stereocenters. The molecule has 0 heterocycles. The van der Waals surface area contributed by atoms with Crippen LogP contribution in [-0.2, 0) is 4.79 Å². The van der Waals surface area contributed by atoms with E-state index in [1.807, 2.05) is 0 Å². The Balaban J connectivity index is 3.71. The molecule has 1 amide bonds. The van der Waals surface area contributed by atoms with Crippen molar-refractivity contribution >= 4 is 5.91 Å². The lowest BCUT2D eigenvalue weighted by Crippen LogP contribution is -2.53. The highest BCUT2D eigenvalue weighted by atomic mass is 16.3. The molecule has 6 heteroatoms. The van der Waals surface area contributed by atoms with Gasteiger partial charge in [-0.05, 0) is 32.1 Å². The SMILES string of the molecule is CCCC/C=C\CCCCCC(O)C(=O)NC(CO)C(O)C(O)CCCCCCCCCCCCCCCCCCCCCC. The second-order valence-corrected chi connectivity index (χ2v) is 13.6. The summed E-state index contributed by atoms with van der Waals surface area (Å²) in [6.45, 7) is 3.98. The van der Waals surface area contributed by atoms with Gasteiger partial charge in [0.2, 0.25) is 5.91 Å². The topological polar surface area (TPSA) is 110 Å². The standard InChI is InChI=1S/C39H77NO5/c1-3-5-7-9-11-13-14-15-16-17-18-19-20-21-22-23-25-26-28-30-32-36(42)38(44)35(34-41)40-39(45)37(43)33-31-29-27-24-12-10-8-6-4-2/h10,12,35-38,41-44H,3-9,11,13-34H2,1-2H3,(H,40,45)/b12-10-. The van der Waals surface area contributed by atoms with Gasteiger partial charge in [0.25, 0.3) is 0 Å². The lowest BCUT2D eigenvalue weighted by atomic mass is 9.99. The molecule has 4 atom stereocenters. The third-order valence-electron chi connectivity index (χ3n) is 9.23. The molecule has 5 N–H and O–H groups in total. The summed E-state index contributed by atoms with van der Waals surface area (Å²) in [6.07, 6.45) is 35.4. The Morgan fingerprint density at radius 2 is 0.911 bits per heavy atom. The van der Waals surface area contributed by atoms with Gasteiger partial charge in [0, 0.05) is 0 Å². The van der Waals surface area contributed by atoms with Crippen molar-refractivity contribution in [3.63, 3.8) is 0 Å². The summed E-state index contributed by atoms with van der Waals surface area (Å²) in [4.78, 5) is 12.4. The smallest absolute Gasteiger partial charge is 0.249 e. The maximum atomic E-state index is 12.4. The summed E-state index contributed by atoms with van der Waals surface area (Å²) in [5, 5.41) is 43.4. The number of aliphatic hydroxyl groups is 4. The second kappa shape index (κ2) is 34.4. The van der Waals surface area contributed by atoms with Crippen LogP contribution in [0, 0.1) is 0 Å². The summed E-state index contributed by atoms with van der Waals surface area (Å²) in [5.74, 6) is -0.599. The first-order valence-corrected chi connectivity index (χ1v) is 19.6. The maximum Gasteiger partial charge on any atom is 0.249 e. The number of carbonyl (C=O) groups is 1. The van der Waals surface area contributed by atoms with E-state index in [1.165, 1.54) is 122 Å². The van der Waals surface area contributed by atoms with Crippen LogP contribution in [0.1, 0.15) is 200 Å². The Morgan fingerprint density at radius 3 is 1.36 bits per heavy atom. The molecule has 0 spiro atoms. The Morgan fingerprint density at radius 1 is 0.533 bits per heavy atom. The zero-order valence-electron chi connectivity index (χ0n) is 29.9. The molecule has 0 rings (SSSR count). The van der Waals surface area contributed by atoms with Crippen LogP contribution in [0.5, 0.6) is 0 Å². The van der Waals surface area contributed by atoms with Crippen molar-refractivity contribution in [3.8, 4) is 0 Å². The van der Waals surface area contributed by atoms with Gasteiger partial charge < -0.3 is 25.7 Å². The predicted octanol–water partition coefficient (Wildman–Crippen LogP) is 9.46. The van der Waals surface area contributed by atoms with E-state index in [4.69, 9.17) is 0 Å². The van der Waals surface area contributed by atoms with Crippen LogP contribution in [0.4, 0.5) is 0 Å². The molecule has 0 aliphatic heterocycles. The van der Waals surface area contributed by atoms with Crippen LogP contribution < -0.4 is 5.32 Å². The fraction of sp³-hybridized carbons (Fsp3) is 0.923. The Kier molecular flexibility index (Phi) is 33.7. The minimum Gasteiger partial charge on any atom is -0.394 e. The van der Waals surface area contributed by atoms with E-state index in [9.17, 15) is 25.2 Å². The second-order valence-electron chi connectivity index (χ2n) is 13.6. The number of amides is 1. The first kappa shape index (κ1) is 44.0. The van der Waals surface area contributed by atoms with E-state index >= 15 is 0 Å². The highest BCUT2D eigenvalue weighted by Gasteiger charge is 2.28. The third-order valence-corrected chi connectivity index (χ3v) is 9.23. The number of carbonyl (C=O) groups excluding carboxylic acids is 1. The van der Waals surface area contributed by atoms with E-state index in [1.54, 1.807) is 0 Å². The zero-order chi connectivity index (χ0) is 33.2. The Labute approximate surface area is 279 Å². The fourth-order valence-corrected chi connectivity index (χ4v) is 6.03. The summed E-state index contributed by atoms with van der Waals surface area (Å²) in [5.41, 5.74) is 0. The van der Waals surface area contributed by atoms with Gasteiger partial charge in [0.15, 0.2) is 0 Å². The van der Waals surface area contributed by atoms with Gasteiger partial charge in [-0.1, -0.05) is 180 Å². The van der Waals surface area contributed by atoms with Crippen LogP contribution in [0.15, 0.2) is 12.2 Å². The fourth-order valence-electron chi connectivity index (χ4n) is 6.03. The average Bonchev–Trinajstić information content (AvgIpc) is 3.04.